The molecule has 0 saturated carbocycles. The summed E-state index contributed by atoms with van der Waals surface area (Å²) in [6.45, 7) is 3.06. The van der Waals surface area contributed by atoms with Gasteiger partial charge in [-0.15, -0.1) is 0 Å². The highest BCUT2D eigenvalue weighted by Gasteiger charge is 2.69. The fourth-order valence-corrected chi connectivity index (χ4v) is 1.44. The maximum absolute atomic E-state index is 10.9. The molecule has 0 aromatic carbocycles. The average molecular weight is 208 g/mol. The Bertz CT molecular complexity index is 419. The van der Waals surface area contributed by atoms with Crippen LogP contribution in [0.15, 0.2) is 5.16 Å². The highest BCUT2D eigenvalue weighted by molar-refractivity contribution is 6.04. The summed E-state index contributed by atoms with van der Waals surface area (Å²) >= 11 is 0. The highest BCUT2D eigenvalue weighted by Crippen LogP contribution is 2.43. The highest BCUT2D eigenvalue weighted by atomic mass is 16.7. The molecule has 0 spiro atoms. The van der Waals surface area contributed by atoms with Crippen LogP contribution in [0.25, 0.3) is 0 Å². The van der Waals surface area contributed by atoms with Crippen LogP contribution in [0.1, 0.15) is 20.3 Å². The van der Waals surface area contributed by atoms with E-state index < -0.39 is 16.1 Å². The van der Waals surface area contributed by atoms with Crippen molar-refractivity contribution in [3.63, 3.8) is 0 Å². The second kappa shape index (κ2) is 3.21. The van der Waals surface area contributed by atoms with E-state index in [0.717, 1.165) is 0 Å². The first-order chi connectivity index (χ1) is 6.98. The number of oxime groups is 1. The van der Waals surface area contributed by atoms with Crippen LogP contribution >= 0.6 is 0 Å². The van der Waals surface area contributed by atoms with Crippen LogP contribution in [-0.4, -0.2) is 16.4 Å². The second-order valence-corrected chi connectivity index (χ2v) is 3.34. The molecular formula is C8H8N4O3. The molecule has 0 aliphatic carbocycles. The molecule has 0 aromatic rings. The summed E-state index contributed by atoms with van der Waals surface area (Å²) in [7, 11) is 0. The lowest BCUT2D eigenvalue weighted by Gasteiger charge is -2.25. The van der Waals surface area contributed by atoms with Crippen molar-refractivity contribution in [2.24, 2.45) is 10.6 Å². The fraction of sp³-hybridized carbons (Fsp3) is 0.625. The first-order valence-electron chi connectivity index (χ1n) is 4.21. The lowest BCUT2D eigenvalue weighted by atomic mass is 9.74. The van der Waals surface area contributed by atoms with E-state index >= 15 is 0 Å². The Morgan fingerprint density at radius 1 is 1.67 bits per heavy atom. The van der Waals surface area contributed by atoms with Gasteiger partial charge < -0.3 is 4.84 Å². The number of nitro groups is 1. The van der Waals surface area contributed by atoms with Crippen LogP contribution in [0.3, 0.4) is 0 Å². The first kappa shape index (κ1) is 10.9. The average Bonchev–Trinajstić information content (AvgIpc) is 2.52. The molecule has 2 atom stereocenters. The van der Waals surface area contributed by atoms with Gasteiger partial charge in [0.1, 0.15) is 11.5 Å². The van der Waals surface area contributed by atoms with E-state index in [1.54, 1.807) is 13.0 Å². The van der Waals surface area contributed by atoms with Crippen LogP contribution in [0.5, 0.6) is 0 Å². The quantitative estimate of drug-likeness (QED) is 0.492. The zero-order valence-corrected chi connectivity index (χ0v) is 8.22. The summed E-state index contributed by atoms with van der Waals surface area (Å²) in [5.74, 6) is 0. The van der Waals surface area contributed by atoms with Crippen LogP contribution in [0.4, 0.5) is 0 Å². The summed E-state index contributed by atoms with van der Waals surface area (Å²) in [6, 6.07) is 3.21. The molecule has 0 aromatic heterocycles. The molecule has 0 saturated heterocycles. The van der Waals surface area contributed by atoms with Gasteiger partial charge in [-0.05, 0) is 13.3 Å². The summed E-state index contributed by atoms with van der Waals surface area (Å²) in [4.78, 5) is 14.6. The van der Waals surface area contributed by atoms with E-state index in [9.17, 15) is 10.1 Å². The minimum absolute atomic E-state index is 0.122. The molecule has 7 heteroatoms. The molecular weight excluding hydrogens is 200 g/mol. The van der Waals surface area contributed by atoms with Gasteiger partial charge in [0.05, 0.1) is 4.92 Å². The molecule has 1 heterocycles. The van der Waals surface area contributed by atoms with Gasteiger partial charge >= 0.3 is 5.72 Å². The lowest BCUT2D eigenvalue weighted by molar-refractivity contribution is -0.623. The van der Waals surface area contributed by atoms with Gasteiger partial charge in [0.15, 0.2) is 11.8 Å². The Balaban J connectivity index is 3.36. The minimum Gasteiger partial charge on any atom is -0.303 e. The molecule has 1 rings (SSSR count). The molecule has 1 aliphatic rings. The predicted molar refractivity (Wildman–Crippen MR) is 47.9 cm³/mol. The van der Waals surface area contributed by atoms with E-state index in [0.29, 0.717) is 0 Å². The summed E-state index contributed by atoms with van der Waals surface area (Å²) < 4.78 is 0. The van der Waals surface area contributed by atoms with Crippen molar-refractivity contribution < 1.29 is 9.76 Å². The Labute approximate surface area is 85.7 Å². The van der Waals surface area contributed by atoms with Crippen molar-refractivity contribution in [3.05, 3.63) is 10.1 Å². The Kier molecular flexibility index (Phi) is 2.34. The first-order valence-corrected chi connectivity index (χ1v) is 4.21. The minimum atomic E-state index is -2.28. The molecule has 0 N–H and O–H groups in total. The topological polar surface area (TPSA) is 112 Å². The van der Waals surface area contributed by atoms with Crippen LogP contribution in [-0.2, 0) is 4.84 Å². The van der Waals surface area contributed by atoms with Gasteiger partial charge in [-0.3, -0.25) is 10.1 Å². The summed E-state index contributed by atoms with van der Waals surface area (Å²) in [5, 5.41) is 31.8. The van der Waals surface area contributed by atoms with Crippen molar-refractivity contribution in [1.29, 1.82) is 10.5 Å². The largest absolute Gasteiger partial charge is 0.481 e. The monoisotopic (exact) mass is 208 g/mol. The van der Waals surface area contributed by atoms with E-state index in [1.807, 2.05) is 0 Å². The number of nitriles is 2. The SMILES string of the molecule is CC[C@]1(C)C(C#N)=NO[C@]1(C#N)[N+](=O)[O-]. The molecule has 7 nitrogen and oxygen atoms in total. The van der Waals surface area contributed by atoms with Crippen molar-refractivity contribution in [2.75, 3.05) is 0 Å². The number of hydrogen-bond acceptors (Lipinski definition) is 6. The third kappa shape index (κ3) is 1.07. The molecule has 0 fully saturated rings. The maximum atomic E-state index is 10.9. The standard InChI is InChI=1S/C8H8N4O3/c1-3-7(2)6(4-9)11-15-8(7,5-10)12(13)14/h3H2,1-2H3/t7-,8+/m1/s1. The van der Waals surface area contributed by atoms with Gasteiger partial charge in [-0.1, -0.05) is 12.1 Å². The maximum Gasteiger partial charge on any atom is 0.481 e. The second-order valence-electron chi connectivity index (χ2n) is 3.34. The predicted octanol–water partition coefficient (Wildman–Crippen LogP) is 0.809. The van der Waals surface area contributed by atoms with Crippen molar-refractivity contribution in [1.82, 2.24) is 0 Å². The zero-order valence-electron chi connectivity index (χ0n) is 8.22. The van der Waals surface area contributed by atoms with Gasteiger partial charge in [0.2, 0.25) is 0 Å². The summed E-state index contributed by atoms with van der Waals surface area (Å²) in [6.07, 6.45) is 0.216. The van der Waals surface area contributed by atoms with Gasteiger partial charge in [0.25, 0.3) is 0 Å². The third-order valence-electron chi connectivity index (χ3n) is 2.76. The Morgan fingerprint density at radius 2 is 2.27 bits per heavy atom. The molecule has 0 unspecified atom stereocenters. The van der Waals surface area contributed by atoms with Gasteiger partial charge in [-0.2, -0.15) is 10.5 Å². The smallest absolute Gasteiger partial charge is 0.303 e. The molecule has 1 aliphatic heterocycles. The van der Waals surface area contributed by atoms with Crippen molar-refractivity contribution in [2.45, 2.75) is 26.0 Å². The van der Waals surface area contributed by atoms with Crippen LogP contribution in [0.2, 0.25) is 0 Å². The third-order valence-corrected chi connectivity index (χ3v) is 2.76. The molecule has 0 radical (unpaired) electrons. The summed E-state index contributed by atoms with van der Waals surface area (Å²) in [5.41, 5.74) is -3.71. The molecule has 78 valence electrons. The van der Waals surface area contributed by atoms with E-state index in [-0.39, 0.29) is 12.1 Å². The van der Waals surface area contributed by atoms with E-state index in [2.05, 4.69) is 9.99 Å². The fourth-order valence-electron chi connectivity index (χ4n) is 1.44. The van der Waals surface area contributed by atoms with E-state index in [4.69, 9.17) is 10.5 Å². The number of nitrogens with zero attached hydrogens (tertiary/aromatic N) is 4. The zero-order chi connectivity index (χ0) is 11.7. The molecule has 15 heavy (non-hydrogen) atoms. The van der Waals surface area contributed by atoms with Crippen molar-refractivity contribution in [3.8, 4) is 12.1 Å². The van der Waals surface area contributed by atoms with Gasteiger partial charge in [-0.25, -0.2) is 0 Å². The lowest BCUT2D eigenvalue weighted by Crippen LogP contribution is -2.52. The van der Waals surface area contributed by atoms with Crippen LogP contribution in [0, 0.1) is 38.2 Å². The van der Waals surface area contributed by atoms with E-state index in [1.165, 1.54) is 13.0 Å². The Hall–Kier alpha value is -2.15. The number of rotatable bonds is 2. The molecule has 0 amide bonds. The normalized spacial score (nSPS) is 33.5. The van der Waals surface area contributed by atoms with Crippen LogP contribution < -0.4 is 0 Å². The van der Waals surface area contributed by atoms with Crippen molar-refractivity contribution >= 4 is 5.71 Å². The number of hydrogen-bond donors (Lipinski definition) is 0. The van der Waals surface area contributed by atoms with Gasteiger partial charge in [0, 0.05) is 0 Å². The Morgan fingerprint density at radius 3 is 2.60 bits per heavy atom. The molecule has 0 bridgehead atoms.